The van der Waals surface area contributed by atoms with E-state index in [-0.39, 0.29) is 23.6 Å². The van der Waals surface area contributed by atoms with Gasteiger partial charge in [-0.3, -0.25) is 14.1 Å². The number of pyridine rings is 1. The predicted octanol–water partition coefficient (Wildman–Crippen LogP) is 6.63. The van der Waals surface area contributed by atoms with Crippen LogP contribution >= 0.6 is 11.3 Å². The average molecular weight is 642 g/mol. The lowest BCUT2D eigenvalue weighted by Gasteiger charge is -2.38. The molecule has 10 heteroatoms. The zero-order valence-electron chi connectivity index (χ0n) is 26.3. The van der Waals surface area contributed by atoms with Crippen molar-refractivity contribution < 1.29 is 18.7 Å². The van der Waals surface area contributed by atoms with Crippen molar-refractivity contribution >= 4 is 22.9 Å². The van der Waals surface area contributed by atoms with Crippen molar-refractivity contribution in [2.45, 2.75) is 52.1 Å². The second-order valence-corrected chi connectivity index (χ2v) is 13.4. The number of amides is 1. The van der Waals surface area contributed by atoms with E-state index in [1.54, 1.807) is 24.0 Å². The van der Waals surface area contributed by atoms with E-state index < -0.39 is 0 Å². The lowest BCUT2D eigenvalue weighted by Crippen LogP contribution is -2.56. The standard InChI is InChI=1S/C36H37F2N5O2S/c1-4-30-35(28-10-9-27(22(3)34(28)38)36-40-31(20-46-36)24-5-7-25(37)8-6-24)43-18-29(21(2)15-32(43)39-30)23-11-13-41(14-12-23)19-33(45)42-16-26(44)17-42/h5-10,15,18,20,23,26,44H,4,11-14,16-17,19H2,1-3H3. The van der Waals surface area contributed by atoms with Crippen LogP contribution in [0.2, 0.25) is 0 Å². The number of hydrogen-bond acceptors (Lipinski definition) is 6. The number of imidazole rings is 1. The number of carbonyl (C=O) groups excluding carboxylic acids is 1. The third kappa shape index (κ3) is 5.63. The fourth-order valence-corrected chi connectivity index (χ4v) is 7.72. The van der Waals surface area contributed by atoms with Crippen molar-refractivity contribution in [2.75, 3.05) is 32.7 Å². The van der Waals surface area contributed by atoms with Crippen molar-refractivity contribution in [2.24, 2.45) is 0 Å². The number of likely N-dealkylation sites (tertiary alicyclic amines) is 2. The first kappa shape index (κ1) is 30.7. The van der Waals surface area contributed by atoms with Gasteiger partial charge < -0.3 is 10.0 Å². The number of rotatable bonds is 7. The van der Waals surface area contributed by atoms with Gasteiger partial charge in [0.2, 0.25) is 5.91 Å². The van der Waals surface area contributed by atoms with Gasteiger partial charge in [0, 0.05) is 41.4 Å². The average Bonchev–Trinajstić information content (AvgIpc) is 3.66. The summed E-state index contributed by atoms with van der Waals surface area (Å²) in [6.45, 7) is 8.89. The fourth-order valence-electron chi connectivity index (χ4n) is 6.81. The molecule has 0 radical (unpaired) electrons. The van der Waals surface area contributed by atoms with Crippen LogP contribution in [-0.2, 0) is 11.2 Å². The summed E-state index contributed by atoms with van der Waals surface area (Å²) in [4.78, 5) is 26.1. The Labute approximate surface area is 271 Å². The van der Waals surface area contributed by atoms with Crippen LogP contribution in [0.3, 0.4) is 0 Å². The molecule has 0 atom stereocenters. The second-order valence-electron chi connectivity index (χ2n) is 12.5. The van der Waals surface area contributed by atoms with Crippen LogP contribution in [0.25, 0.3) is 38.7 Å². The van der Waals surface area contributed by atoms with E-state index in [1.165, 1.54) is 34.6 Å². The Balaban J connectivity index is 1.16. The van der Waals surface area contributed by atoms with Crippen LogP contribution in [0.1, 0.15) is 48.1 Å². The number of benzene rings is 2. The number of fused-ring (bicyclic) bond motifs is 1. The topological polar surface area (TPSA) is 74.0 Å². The highest BCUT2D eigenvalue weighted by molar-refractivity contribution is 7.13. The molecule has 2 saturated heterocycles. The molecule has 0 bridgehead atoms. The van der Waals surface area contributed by atoms with Crippen molar-refractivity contribution in [1.29, 1.82) is 0 Å². The number of carbonyl (C=O) groups is 1. The van der Waals surface area contributed by atoms with Crippen molar-refractivity contribution in [3.05, 3.63) is 88.1 Å². The zero-order valence-corrected chi connectivity index (χ0v) is 27.1. The molecule has 238 valence electrons. The number of aliphatic hydroxyl groups is 1. The Morgan fingerprint density at radius 1 is 1.02 bits per heavy atom. The van der Waals surface area contributed by atoms with Crippen LogP contribution in [0.5, 0.6) is 0 Å². The molecule has 3 aromatic heterocycles. The highest BCUT2D eigenvalue weighted by atomic mass is 32.1. The van der Waals surface area contributed by atoms with Crippen LogP contribution in [-0.4, -0.2) is 74.0 Å². The van der Waals surface area contributed by atoms with Gasteiger partial charge in [0.1, 0.15) is 22.3 Å². The van der Waals surface area contributed by atoms with E-state index >= 15 is 4.39 Å². The van der Waals surface area contributed by atoms with Gasteiger partial charge in [0.05, 0.1) is 29.7 Å². The highest BCUT2D eigenvalue weighted by Gasteiger charge is 2.31. The minimum Gasteiger partial charge on any atom is -0.389 e. The summed E-state index contributed by atoms with van der Waals surface area (Å²) in [7, 11) is 0. The molecule has 5 heterocycles. The Hall–Kier alpha value is -3.99. The number of β-amino-alcohol motifs (C(OH)–C–C–N with tert-alkyl or cyclic N) is 1. The number of nitrogens with zero attached hydrogens (tertiary/aromatic N) is 5. The largest absolute Gasteiger partial charge is 0.389 e. The van der Waals surface area contributed by atoms with E-state index in [0.29, 0.717) is 48.1 Å². The normalized spacial score (nSPS) is 16.3. The minimum absolute atomic E-state index is 0.0861. The molecule has 46 heavy (non-hydrogen) atoms. The summed E-state index contributed by atoms with van der Waals surface area (Å²) in [6, 6.07) is 12.1. The summed E-state index contributed by atoms with van der Waals surface area (Å²) in [5.41, 5.74) is 8.15. The molecule has 2 aromatic carbocycles. The third-order valence-electron chi connectivity index (χ3n) is 9.53. The van der Waals surface area contributed by atoms with Gasteiger partial charge in [-0.1, -0.05) is 13.0 Å². The first-order valence-electron chi connectivity index (χ1n) is 15.9. The summed E-state index contributed by atoms with van der Waals surface area (Å²) in [5.74, 6) is -0.172. The van der Waals surface area contributed by atoms with E-state index in [4.69, 9.17) is 9.97 Å². The monoisotopic (exact) mass is 641 g/mol. The number of piperidine rings is 1. The SMILES string of the molecule is CCc1nc2cc(C)c(C3CCN(CC(=O)N4CC(O)C4)CC3)cn2c1-c1ccc(-c2nc(-c3ccc(F)cc3)cs2)c(C)c1F. The van der Waals surface area contributed by atoms with Gasteiger partial charge in [0.25, 0.3) is 0 Å². The number of halogens is 2. The van der Waals surface area contributed by atoms with E-state index in [9.17, 15) is 14.3 Å². The van der Waals surface area contributed by atoms with Crippen LogP contribution in [0.4, 0.5) is 8.78 Å². The Kier molecular flexibility index (Phi) is 8.21. The van der Waals surface area contributed by atoms with E-state index in [2.05, 4.69) is 28.5 Å². The van der Waals surface area contributed by atoms with Gasteiger partial charge in [0.15, 0.2) is 0 Å². The second kappa shape index (κ2) is 12.3. The number of aliphatic hydroxyl groups excluding tert-OH is 1. The maximum Gasteiger partial charge on any atom is 0.236 e. The first-order valence-corrected chi connectivity index (χ1v) is 16.8. The first-order chi connectivity index (χ1) is 22.2. The van der Waals surface area contributed by atoms with Gasteiger partial charge >= 0.3 is 0 Å². The molecule has 5 aromatic rings. The molecule has 7 rings (SSSR count). The van der Waals surface area contributed by atoms with Crippen molar-refractivity contribution in [3.63, 3.8) is 0 Å². The molecular formula is C36H37F2N5O2S. The van der Waals surface area contributed by atoms with Crippen molar-refractivity contribution in [3.8, 4) is 33.1 Å². The highest BCUT2D eigenvalue weighted by Crippen LogP contribution is 2.38. The summed E-state index contributed by atoms with van der Waals surface area (Å²) in [5, 5.41) is 12.2. The lowest BCUT2D eigenvalue weighted by atomic mass is 9.88. The van der Waals surface area contributed by atoms with E-state index in [1.807, 2.05) is 24.4 Å². The lowest BCUT2D eigenvalue weighted by molar-refractivity contribution is -0.142. The molecule has 0 saturated carbocycles. The molecule has 2 aliphatic rings. The van der Waals surface area contributed by atoms with Crippen LogP contribution in [0, 0.1) is 25.5 Å². The minimum atomic E-state index is -0.385. The molecule has 0 spiro atoms. The molecular weight excluding hydrogens is 604 g/mol. The maximum atomic E-state index is 16.4. The van der Waals surface area contributed by atoms with E-state index in [0.717, 1.165) is 59.8 Å². The van der Waals surface area contributed by atoms with Gasteiger partial charge in [-0.2, -0.15) is 0 Å². The predicted molar refractivity (Wildman–Crippen MR) is 177 cm³/mol. The Morgan fingerprint density at radius 2 is 1.74 bits per heavy atom. The van der Waals surface area contributed by atoms with Gasteiger partial charge in [-0.25, -0.2) is 18.7 Å². The number of hydrogen-bond donors (Lipinski definition) is 1. The molecule has 7 nitrogen and oxygen atoms in total. The number of thiazole rings is 1. The van der Waals surface area contributed by atoms with Gasteiger partial charge in [-0.15, -0.1) is 11.3 Å². The zero-order chi connectivity index (χ0) is 32.1. The molecule has 2 fully saturated rings. The van der Waals surface area contributed by atoms with Gasteiger partial charge in [-0.05, 0) is 105 Å². The van der Waals surface area contributed by atoms with Crippen molar-refractivity contribution in [1.82, 2.24) is 24.2 Å². The third-order valence-corrected chi connectivity index (χ3v) is 10.4. The fraction of sp³-hybridized carbons (Fsp3) is 0.361. The maximum absolute atomic E-state index is 16.4. The summed E-state index contributed by atoms with van der Waals surface area (Å²) < 4.78 is 31.8. The number of aryl methyl sites for hydroxylation is 2. The molecule has 0 unspecified atom stereocenters. The van der Waals surface area contributed by atoms with Crippen LogP contribution < -0.4 is 0 Å². The Bertz CT molecular complexity index is 1920. The smallest absolute Gasteiger partial charge is 0.236 e. The quantitative estimate of drug-likeness (QED) is 0.216. The summed E-state index contributed by atoms with van der Waals surface area (Å²) >= 11 is 1.44. The Morgan fingerprint density at radius 3 is 2.43 bits per heavy atom. The molecule has 1 N–H and O–H groups in total. The molecule has 0 aliphatic carbocycles. The molecule has 1 amide bonds. The summed E-state index contributed by atoms with van der Waals surface area (Å²) in [6.07, 6.45) is 4.30. The van der Waals surface area contributed by atoms with Crippen LogP contribution in [0.15, 0.2) is 54.0 Å². The molecule has 2 aliphatic heterocycles. The number of aromatic nitrogens is 3.